The van der Waals surface area contributed by atoms with Gasteiger partial charge in [-0.15, -0.1) is 0 Å². The van der Waals surface area contributed by atoms with Crippen LogP contribution in [0.15, 0.2) is 6.07 Å². The van der Waals surface area contributed by atoms with Gasteiger partial charge in [0.2, 0.25) is 5.92 Å². The first-order valence-electron chi connectivity index (χ1n) is 7.06. The molecule has 0 radical (unpaired) electrons. The Balaban J connectivity index is 2.47. The highest BCUT2D eigenvalue weighted by molar-refractivity contribution is 6.34. The Hall–Kier alpha value is -1.56. The van der Waals surface area contributed by atoms with Crippen molar-refractivity contribution in [3.63, 3.8) is 0 Å². The number of carbonyl (C=O) groups is 1. The molecule has 7 heteroatoms. The number of anilines is 2. The van der Waals surface area contributed by atoms with E-state index in [4.69, 9.17) is 22.1 Å². The number of benzene rings is 1. The lowest BCUT2D eigenvalue weighted by molar-refractivity contribution is -0.0102. The zero-order chi connectivity index (χ0) is 16.5. The minimum atomic E-state index is -2.67. The van der Waals surface area contributed by atoms with Gasteiger partial charge in [0.25, 0.3) is 0 Å². The molecule has 0 bridgehead atoms. The minimum absolute atomic E-state index is 0.149. The summed E-state index contributed by atoms with van der Waals surface area (Å²) in [5.41, 5.74) is 7.46. The van der Waals surface area contributed by atoms with E-state index < -0.39 is 11.9 Å². The van der Waals surface area contributed by atoms with Crippen molar-refractivity contribution < 1.29 is 18.3 Å². The van der Waals surface area contributed by atoms with Crippen molar-refractivity contribution in [1.29, 1.82) is 0 Å². The lowest BCUT2D eigenvalue weighted by atomic mass is 10.0. The van der Waals surface area contributed by atoms with E-state index >= 15 is 0 Å². The molecule has 0 aliphatic carbocycles. The first kappa shape index (κ1) is 16.8. The molecular weight excluding hydrogens is 314 g/mol. The SMILES string of the molecule is COC(=O)c1c(N2CCCC(F)(F)CC2)cc(Cl)c(N)c1C. The predicted octanol–water partition coefficient (Wildman–Crippen LogP) is 3.64. The monoisotopic (exact) mass is 332 g/mol. The fourth-order valence-electron chi connectivity index (χ4n) is 2.69. The van der Waals surface area contributed by atoms with E-state index in [1.807, 2.05) is 0 Å². The Morgan fingerprint density at radius 3 is 2.73 bits per heavy atom. The standard InChI is InChI=1S/C15H19ClF2N2O2/c1-9-12(14(21)22-2)11(8-10(16)13(9)19)20-6-3-4-15(17,18)5-7-20/h8H,3-7,19H2,1-2H3. The van der Waals surface area contributed by atoms with Gasteiger partial charge in [0.15, 0.2) is 0 Å². The van der Waals surface area contributed by atoms with E-state index in [1.54, 1.807) is 17.9 Å². The fraction of sp³-hybridized carbons (Fsp3) is 0.533. The molecule has 1 heterocycles. The molecule has 2 rings (SSSR count). The maximum atomic E-state index is 13.5. The van der Waals surface area contributed by atoms with Gasteiger partial charge in [0, 0.05) is 25.9 Å². The molecule has 0 unspecified atom stereocenters. The Labute approximate surface area is 133 Å². The minimum Gasteiger partial charge on any atom is -0.465 e. The van der Waals surface area contributed by atoms with Crippen molar-refractivity contribution in [2.45, 2.75) is 32.1 Å². The molecule has 0 aromatic heterocycles. The molecular formula is C15H19ClF2N2O2. The summed E-state index contributed by atoms with van der Waals surface area (Å²) in [6.45, 7) is 2.25. The van der Waals surface area contributed by atoms with Crippen molar-refractivity contribution >= 4 is 28.9 Å². The van der Waals surface area contributed by atoms with Crippen molar-refractivity contribution in [3.8, 4) is 0 Å². The third-order valence-electron chi connectivity index (χ3n) is 4.00. The lowest BCUT2D eigenvalue weighted by Gasteiger charge is -2.26. The summed E-state index contributed by atoms with van der Waals surface area (Å²) >= 11 is 6.10. The molecule has 1 aliphatic heterocycles. The van der Waals surface area contributed by atoms with Gasteiger partial charge in [-0.3, -0.25) is 0 Å². The van der Waals surface area contributed by atoms with E-state index in [9.17, 15) is 13.6 Å². The number of hydrogen-bond acceptors (Lipinski definition) is 4. The van der Waals surface area contributed by atoms with Gasteiger partial charge >= 0.3 is 5.97 Å². The second kappa shape index (κ2) is 6.28. The van der Waals surface area contributed by atoms with Crippen LogP contribution in [0.5, 0.6) is 0 Å². The fourth-order valence-corrected chi connectivity index (χ4v) is 2.93. The predicted molar refractivity (Wildman–Crippen MR) is 83.0 cm³/mol. The van der Waals surface area contributed by atoms with Crippen LogP contribution >= 0.6 is 11.6 Å². The Morgan fingerprint density at radius 2 is 2.09 bits per heavy atom. The van der Waals surface area contributed by atoms with Gasteiger partial charge in [-0.25, -0.2) is 13.6 Å². The zero-order valence-electron chi connectivity index (χ0n) is 12.6. The zero-order valence-corrected chi connectivity index (χ0v) is 13.3. The van der Waals surface area contributed by atoms with E-state index in [0.717, 1.165) is 0 Å². The van der Waals surface area contributed by atoms with Crippen LogP contribution in [-0.2, 0) is 4.74 Å². The topological polar surface area (TPSA) is 55.6 Å². The number of hydrogen-bond donors (Lipinski definition) is 1. The first-order chi connectivity index (χ1) is 10.3. The van der Waals surface area contributed by atoms with Crippen LogP contribution in [0.3, 0.4) is 0 Å². The summed E-state index contributed by atoms with van der Waals surface area (Å²) in [5.74, 6) is -3.22. The molecule has 122 valence electrons. The van der Waals surface area contributed by atoms with E-state index in [0.29, 0.717) is 34.9 Å². The summed E-state index contributed by atoms with van der Waals surface area (Å²) < 4.78 is 31.9. The molecule has 1 aromatic carbocycles. The summed E-state index contributed by atoms with van der Waals surface area (Å²) in [5, 5.41) is 0.302. The smallest absolute Gasteiger partial charge is 0.340 e. The van der Waals surface area contributed by atoms with Crippen LogP contribution < -0.4 is 10.6 Å². The average Bonchev–Trinajstić information content (AvgIpc) is 2.64. The number of nitrogen functional groups attached to an aromatic ring is 1. The molecule has 0 atom stereocenters. The molecule has 1 fully saturated rings. The number of rotatable bonds is 2. The number of esters is 1. The Kier molecular flexibility index (Phi) is 4.80. The number of alkyl halides is 2. The molecule has 4 nitrogen and oxygen atoms in total. The van der Waals surface area contributed by atoms with Crippen LogP contribution in [0.25, 0.3) is 0 Å². The summed E-state index contributed by atoms with van der Waals surface area (Å²) in [6.07, 6.45) is -0.0674. The highest BCUT2D eigenvalue weighted by atomic mass is 35.5. The summed E-state index contributed by atoms with van der Waals surface area (Å²) in [6, 6.07) is 1.56. The molecule has 0 spiro atoms. The second-order valence-electron chi connectivity index (χ2n) is 5.48. The van der Waals surface area contributed by atoms with Gasteiger partial charge < -0.3 is 15.4 Å². The number of nitrogens with zero attached hydrogens (tertiary/aromatic N) is 1. The van der Waals surface area contributed by atoms with Crippen molar-refractivity contribution in [3.05, 3.63) is 22.2 Å². The molecule has 1 aromatic rings. The third-order valence-corrected chi connectivity index (χ3v) is 4.32. The molecule has 1 aliphatic rings. The van der Waals surface area contributed by atoms with Gasteiger partial charge in [-0.1, -0.05) is 11.6 Å². The molecule has 0 saturated carbocycles. The Bertz CT molecular complexity index is 593. The summed E-state index contributed by atoms with van der Waals surface area (Å²) in [7, 11) is 1.27. The number of ether oxygens (including phenoxy) is 1. The van der Waals surface area contributed by atoms with E-state index in [-0.39, 0.29) is 24.9 Å². The van der Waals surface area contributed by atoms with Gasteiger partial charge in [0.1, 0.15) is 0 Å². The van der Waals surface area contributed by atoms with Crippen LogP contribution in [0.2, 0.25) is 5.02 Å². The number of nitrogens with two attached hydrogens (primary N) is 1. The van der Waals surface area contributed by atoms with Gasteiger partial charge in [0.05, 0.1) is 29.1 Å². The van der Waals surface area contributed by atoms with Crippen LogP contribution in [-0.4, -0.2) is 32.1 Å². The largest absolute Gasteiger partial charge is 0.465 e. The first-order valence-corrected chi connectivity index (χ1v) is 7.44. The maximum Gasteiger partial charge on any atom is 0.340 e. The van der Waals surface area contributed by atoms with Crippen LogP contribution in [0.4, 0.5) is 20.2 Å². The number of halogens is 3. The van der Waals surface area contributed by atoms with Crippen LogP contribution in [0.1, 0.15) is 35.2 Å². The quantitative estimate of drug-likeness (QED) is 0.663. The highest BCUT2D eigenvalue weighted by Crippen LogP contribution is 2.37. The second-order valence-corrected chi connectivity index (χ2v) is 5.89. The molecule has 22 heavy (non-hydrogen) atoms. The maximum absolute atomic E-state index is 13.5. The molecule has 2 N–H and O–H groups in total. The number of carbonyl (C=O) groups excluding carboxylic acids is 1. The van der Waals surface area contributed by atoms with Crippen molar-refractivity contribution in [2.24, 2.45) is 0 Å². The van der Waals surface area contributed by atoms with Crippen molar-refractivity contribution in [2.75, 3.05) is 30.8 Å². The van der Waals surface area contributed by atoms with Crippen LogP contribution in [0, 0.1) is 6.92 Å². The number of methoxy groups -OCH3 is 1. The van der Waals surface area contributed by atoms with E-state index in [1.165, 1.54) is 7.11 Å². The normalized spacial score (nSPS) is 18.0. The molecule has 1 saturated heterocycles. The average molecular weight is 333 g/mol. The molecule has 0 amide bonds. The van der Waals surface area contributed by atoms with Gasteiger partial charge in [-0.2, -0.15) is 0 Å². The van der Waals surface area contributed by atoms with E-state index in [2.05, 4.69) is 0 Å². The van der Waals surface area contributed by atoms with Gasteiger partial charge in [-0.05, 0) is 25.0 Å². The highest BCUT2D eigenvalue weighted by Gasteiger charge is 2.33. The Morgan fingerprint density at radius 1 is 1.41 bits per heavy atom. The lowest BCUT2D eigenvalue weighted by Crippen LogP contribution is -2.28. The third kappa shape index (κ3) is 3.27. The summed E-state index contributed by atoms with van der Waals surface area (Å²) in [4.78, 5) is 13.8. The van der Waals surface area contributed by atoms with Crippen molar-refractivity contribution in [1.82, 2.24) is 0 Å².